The fraction of sp³-hybridized carbons (Fsp3) is 0.533. The number of para-hydroxylation sites is 1. The number of aryl methyl sites for hydroxylation is 1. The molecule has 19 heavy (non-hydrogen) atoms. The lowest BCUT2D eigenvalue weighted by Gasteiger charge is -2.38. The summed E-state index contributed by atoms with van der Waals surface area (Å²) in [7, 11) is 0. The van der Waals surface area contributed by atoms with Crippen molar-refractivity contribution < 1.29 is 9.90 Å². The van der Waals surface area contributed by atoms with E-state index in [1.807, 2.05) is 24.0 Å². The molecule has 0 saturated heterocycles. The Balaban J connectivity index is 2.20. The van der Waals surface area contributed by atoms with Crippen LogP contribution in [0.25, 0.3) is 0 Å². The summed E-state index contributed by atoms with van der Waals surface area (Å²) in [6.07, 6.45) is 3.91. The van der Waals surface area contributed by atoms with Crippen molar-refractivity contribution in [2.75, 3.05) is 18.9 Å². The van der Waals surface area contributed by atoms with E-state index in [1.165, 1.54) is 6.42 Å². The molecule has 0 bridgehead atoms. The maximum absolute atomic E-state index is 12.6. The van der Waals surface area contributed by atoms with Crippen LogP contribution in [-0.2, 0) is 0 Å². The molecule has 1 aliphatic rings. The van der Waals surface area contributed by atoms with Crippen LogP contribution in [0.1, 0.15) is 41.6 Å². The number of hydrogen-bond donors (Lipinski definition) is 2. The minimum absolute atomic E-state index is 0.000602. The van der Waals surface area contributed by atoms with Gasteiger partial charge in [-0.15, -0.1) is 0 Å². The van der Waals surface area contributed by atoms with Crippen LogP contribution >= 0.6 is 0 Å². The molecular weight excluding hydrogens is 240 g/mol. The lowest BCUT2D eigenvalue weighted by molar-refractivity contribution is 0.0563. The second-order valence-electron chi connectivity index (χ2n) is 5.20. The normalized spacial score (nSPS) is 15.1. The SMILES string of the molecule is Cc1cccc(C(=O)N(CCCO)C2CCC2)c1N. The van der Waals surface area contributed by atoms with E-state index < -0.39 is 0 Å². The van der Waals surface area contributed by atoms with Crippen molar-refractivity contribution in [3.05, 3.63) is 29.3 Å². The van der Waals surface area contributed by atoms with Crippen LogP contribution in [-0.4, -0.2) is 35.1 Å². The zero-order valence-corrected chi connectivity index (χ0v) is 11.4. The fourth-order valence-corrected chi connectivity index (χ4v) is 2.41. The average Bonchev–Trinajstić information content (AvgIpc) is 2.34. The Morgan fingerprint density at radius 3 is 2.79 bits per heavy atom. The van der Waals surface area contributed by atoms with E-state index in [4.69, 9.17) is 10.8 Å². The van der Waals surface area contributed by atoms with Gasteiger partial charge in [-0.05, 0) is 44.2 Å². The molecule has 0 radical (unpaired) electrons. The first kappa shape index (κ1) is 13.9. The number of hydrogen-bond acceptors (Lipinski definition) is 3. The van der Waals surface area contributed by atoms with E-state index in [0.29, 0.717) is 30.3 Å². The van der Waals surface area contributed by atoms with Crippen molar-refractivity contribution >= 4 is 11.6 Å². The predicted octanol–water partition coefficient (Wildman–Crippen LogP) is 1.95. The summed E-state index contributed by atoms with van der Waals surface area (Å²) >= 11 is 0. The first-order valence-electron chi connectivity index (χ1n) is 6.92. The molecular formula is C15H22N2O2. The Hall–Kier alpha value is -1.55. The van der Waals surface area contributed by atoms with Crippen LogP contribution in [0.2, 0.25) is 0 Å². The molecule has 0 aromatic heterocycles. The average molecular weight is 262 g/mol. The Bertz CT molecular complexity index is 455. The van der Waals surface area contributed by atoms with E-state index in [9.17, 15) is 4.79 Å². The molecule has 0 spiro atoms. The Labute approximate surface area is 114 Å². The summed E-state index contributed by atoms with van der Waals surface area (Å²) in [4.78, 5) is 14.5. The van der Waals surface area contributed by atoms with Crippen LogP contribution in [0.3, 0.4) is 0 Å². The number of nitrogens with zero attached hydrogens (tertiary/aromatic N) is 1. The first-order valence-corrected chi connectivity index (χ1v) is 6.92. The number of carbonyl (C=O) groups excluding carboxylic acids is 1. The number of rotatable bonds is 5. The number of anilines is 1. The maximum Gasteiger partial charge on any atom is 0.256 e. The van der Waals surface area contributed by atoms with Gasteiger partial charge in [0.2, 0.25) is 0 Å². The number of nitrogens with two attached hydrogens (primary N) is 1. The van der Waals surface area contributed by atoms with Crippen molar-refractivity contribution in [1.29, 1.82) is 0 Å². The van der Waals surface area contributed by atoms with Crippen LogP contribution in [0.4, 0.5) is 5.69 Å². The second-order valence-corrected chi connectivity index (χ2v) is 5.20. The quantitative estimate of drug-likeness (QED) is 0.797. The largest absolute Gasteiger partial charge is 0.398 e. The molecule has 1 fully saturated rings. The predicted molar refractivity (Wildman–Crippen MR) is 76.0 cm³/mol. The molecule has 0 aliphatic heterocycles. The molecule has 1 saturated carbocycles. The van der Waals surface area contributed by atoms with Gasteiger partial charge >= 0.3 is 0 Å². The van der Waals surface area contributed by atoms with E-state index in [0.717, 1.165) is 18.4 Å². The minimum atomic E-state index is -0.000602. The monoisotopic (exact) mass is 262 g/mol. The molecule has 104 valence electrons. The third kappa shape index (κ3) is 2.89. The summed E-state index contributed by atoms with van der Waals surface area (Å²) in [5, 5.41) is 8.98. The number of aliphatic hydroxyl groups is 1. The molecule has 1 aromatic carbocycles. The summed E-state index contributed by atoms with van der Waals surface area (Å²) in [5.74, 6) is -0.000602. The summed E-state index contributed by atoms with van der Waals surface area (Å²) in [5.41, 5.74) is 8.10. The van der Waals surface area contributed by atoms with Gasteiger partial charge in [0, 0.05) is 24.9 Å². The minimum Gasteiger partial charge on any atom is -0.398 e. The zero-order chi connectivity index (χ0) is 13.8. The van der Waals surface area contributed by atoms with E-state index in [-0.39, 0.29) is 12.5 Å². The van der Waals surface area contributed by atoms with E-state index in [1.54, 1.807) is 6.07 Å². The number of nitrogen functional groups attached to an aromatic ring is 1. The number of amides is 1. The molecule has 1 amide bonds. The van der Waals surface area contributed by atoms with Gasteiger partial charge in [0.25, 0.3) is 5.91 Å². The Morgan fingerprint density at radius 1 is 1.47 bits per heavy atom. The molecule has 4 nitrogen and oxygen atoms in total. The van der Waals surface area contributed by atoms with Crippen LogP contribution in [0.5, 0.6) is 0 Å². The van der Waals surface area contributed by atoms with Crippen molar-refractivity contribution in [1.82, 2.24) is 4.90 Å². The van der Waals surface area contributed by atoms with Gasteiger partial charge in [0.15, 0.2) is 0 Å². The zero-order valence-electron chi connectivity index (χ0n) is 11.4. The second kappa shape index (κ2) is 6.06. The van der Waals surface area contributed by atoms with Gasteiger partial charge in [0.05, 0.1) is 5.56 Å². The standard InChI is InChI=1S/C15H22N2O2/c1-11-5-2-8-13(14(11)16)15(19)17(9-4-10-18)12-6-3-7-12/h2,5,8,12,18H,3-4,6-7,9-10,16H2,1H3. The van der Waals surface area contributed by atoms with Crippen LogP contribution in [0.15, 0.2) is 18.2 Å². The van der Waals surface area contributed by atoms with Gasteiger partial charge in [-0.3, -0.25) is 4.79 Å². The van der Waals surface area contributed by atoms with Crippen molar-refractivity contribution in [3.8, 4) is 0 Å². The Morgan fingerprint density at radius 2 is 2.21 bits per heavy atom. The molecule has 0 unspecified atom stereocenters. The number of carbonyl (C=O) groups is 1. The highest BCUT2D eigenvalue weighted by atomic mass is 16.3. The van der Waals surface area contributed by atoms with Crippen molar-refractivity contribution in [2.45, 2.75) is 38.6 Å². The maximum atomic E-state index is 12.6. The van der Waals surface area contributed by atoms with E-state index in [2.05, 4.69) is 0 Å². The lowest BCUT2D eigenvalue weighted by Crippen LogP contribution is -2.45. The fourth-order valence-electron chi connectivity index (χ4n) is 2.41. The topological polar surface area (TPSA) is 66.6 Å². The van der Waals surface area contributed by atoms with Crippen LogP contribution in [0, 0.1) is 6.92 Å². The summed E-state index contributed by atoms with van der Waals surface area (Å²) in [6, 6.07) is 5.88. The molecule has 0 heterocycles. The van der Waals surface area contributed by atoms with Gasteiger partial charge < -0.3 is 15.7 Å². The van der Waals surface area contributed by atoms with Gasteiger partial charge in [-0.2, -0.15) is 0 Å². The molecule has 3 N–H and O–H groups in total. The highest BCUT2D eigenvalue weighted by Crippen LogP contribution is 2.28. The van der Waals surface area contributed by atoms with Crippen molar-refractivity contribution in [3.63, 3.8) is 0 Å². The van der Waals surface area contributed by atoms with Crippen LogP contribution < -0.4 is 5.73 Å². The highest BCUT2D eigenvalue weighted by Gasteiger charge is 2.29. The molecule has 2 rings (SSSR count). The number of aliphatic hydroxyl groups excluding tert-OH is 1. The molecule has 0 atom stereocenters. The third-order valence-electron chi connectivity index (χ3n) is 3.89. The summed E-state index contributed by atoms with van der Waals surface area (Å²) < 4.78 is 0. The van der Waals surface area contributed by atoms with E-state index >= 15 is 0 Å². The molecule has 1 aliphatic carbocycles. The summed E-state index contributed by atoms with van der Waals surface area (Å²) in [6.45, 7) is 2.63. The smallest absolute Gasteiger partial charge is 0.256 e. The highest BCUT2D eigenvalue weighted by molar-refractivity contribution is 6.00. The third-order valence-corrected chi connectivity index (χ3v) is 3.89. The molecule has 4 heteroatoms. The molecule has 1 aromatic rings. The van der Waals surface area contributed by atoms with Crippen molar-refractivity contribution in [2.24, 2.45) is 0 Å². The van der Waals surface area contributed by atoms with Gasteiger partial charge in [0.1, 0.15) is 0 Å². The Kier molecular flexibility index (Phi) is 4.43. The first-order chi connectivity index (χ1) is 9.15. The lowest BCUT2D eigenvalue weighted by atomic mass is 9.90. The number of benzene rings is 1. The van der Waals surface area contributed by atoms with Gasteiger partial charge in [-0.25, -0.2) is 0 Å². The van der Waals surface area contributed by atoms with Gasteiger partial charge in [-0.1, -0.05) is 12.1 Å².